The number of hydrogen-bond donors (Lipinski definition) is 1. The van der Waals surface area contributed by atoms with Crippen molar-refractivity contribution in [3.05, 3.63) is 17.8 Å². The van der Waals surface area contributed by atoms with E-state index in [-0.39, 0.29) is 5.54 Å². The van der Waals surface area contributed by atoms with Crippen molar-refractivity contribution in [1.82, 2.24) is 4.98 Å². The molecule has 4 nitrogen and oxygen atoms in total. The molecule has 4 heteroatoms. The van der Waals surface area contributed by atoms with E-state index in [1.165, 1.54) is 6.42 Å². The highest BCUT2D eigenvalue weighted by Gasteiger charge is 2.39. The molecule has 1 aliphatic heterocycles. The summed E-state index contributed by atoms with van der Waals surface area (Å²) < 4.78 is 10.8. The topological polar surface area (TPSA) is 61.3 Å². The molecule has 3 rings (SSSR count). The van der Waals surface area contributed by atoms with Crippen molar-refractivity contribution in [1.29, 1.82) is 0 Å². The van der Waals surface area contributed by atoms with E-state index in [9.17, 15) is 0 Å². The van der Waals surface area contributed by atoms with Crippen LogP contribution in [0.15, 0.2) is 10.7 Å². The third-order valence-corrected chi connectivity index (χ3v) is 3.54. The molecule has 2 aliphatic rings. The molecule has 1 atom stereocenters. The molecule has 0 bridgehead atoms. The highest BCUT2D eigenvalue weighted by atomic mass is 16.5. The van der Waals surface area contributed by atoms with Crippen LogP contribution in [0.5, 0.6) is 0 Å². The zero-order chi connectivity index (χ0) is 10.3. The number of nitrogens with zero attached hydrogens (tertiary/aromatic N) is 1. The second kappa shape index (κ2) is 3.32. The van der Waals surface area contributed by atoms with Gasteiger partial charge in [0.15, 0.2) is 0 Å². The van der Waals surface area contributed by atoms with Gasteiger partial charge in [-0.2, -0.15) is 0 Å². The van der Waals surface area contributed by atoms with E-state index in [4.69, 9.17) is 14.9 Å². The Balaban J connectivity index is 1.80. The molecule has 1 saturated heterocycles. The highest BCUT2D eigenvalue weighted by molar-refractivity contribution is 5.13. The maximum Gasteiger partial charge on any atom is 0.214 e. The average molecular weight is 208 g/mol. The minimum Gasteiger partial charge on any atom is -0.447 e. The summed E-state index contributed by atoms with van der Waals surface area (Å²) in [7, 11) is 0. The fourth-order valence-corrected chi connectivity index (χ4v) is 2.24. The van der Waals surface area contributed by atoms with Gasteiger partial charge in [-0.05, 0) is 25.7 Å². The Labute approximate surface area is 88.8 Å². The van der Waals surface area contributed by atoms with Gasteiger partial charge in [0.1, 0.15) is 6.26 Å². The van der Waals surface area contributed by atoms with E-state index < -0.39 is 0 Å². The summed E-state index contributed by atoms with van der Waals surface area (Å²) >= 11 is 0. The van der Waals surface area contributed by atoms with Crippen LogP contribution in [0.3, 0.4) is 0 Å². The van der Waals surface area contributed by atoms with Crippen molar-refractivity contribution < 1.29 is 9.15 Å². The lowest BCUT2D eigenvalue weighted by Crippen LogP contribution is -2.43. The Morgan fingerprint density at radius 1 is 1.47 bits per heavy atom. The third-order valence-electron chi connectivity index (χ3n) is 3.54. The number of rotatable bonds is 2. The molecule has 0 aromatic carbocycles. The molecule has 2 fully saturated rings. The van der Waals surface area contributed by atoms with E-state index in [1.54, 1.807) is 6.26 Å². The molecule has 1 aromatic rings. The van der Waals surface area contributed by atoms with Gasteiger partial charge in [0.05, 0.1) is 17.8 Å². The first kappa shape index (κ1) is 9.36. The first-order valence-corrected chi connectivity index (χ1v) is 5.60. The number of oxazole rings is 1. The number of hydrogen-bond acceptors (Lipinski definition) is 4. The summed E-state index contributed by atoms with van der Waals surface area (Å²) in [6.07, 6.45) is 5.97. The van der Waals surface area contributed by atoms with Crippen LogP contribution >= 0.6 is 0 Å². The predicted octanol–water partition coefficient (Wildman–Crippen LogP) is 1.52. The summed E-state index contributed by atoms with van der Waals surface area (Å²) in [4.78, 5) is 4.51. The average Bonchev–Trinajstić information content (AvgIpc) is 2.84. The van der Waals surface area contributed by atoms with Gasteiger partial charge in [-0.15, -0.1) is 0 Å². The normalized spacial score (nSPS) is 29.0. The Hall–Kier alpha value is -0.870. The minimum absolute atomic E-state index is 0.280. The van der Waals surface area contributed by atoms with Gasteiger partial charge in [0, 0.05) is 12.5 Å². The van der Waals surface area contributed by atoms with Gasteiger partial charge in [0.25, 0.3) is 0 Å². The summed E-state index contributed by atoms with van der Waals surface area (Å²) in [5.41, 5.74) is 6.88. The number of nitrogens with two attached hydrogens (primary N) is 1. The Morgan fingerprint density at radius 2 is 2.33 bits per heavy atom. The molecule has 15 heavy (non-hydrogen) atoms. The molecule has 1 aliphatic carbocycles. The van der Waals surface area contributed by atoms with Crippen LogP contribution < -0.4 is 5.73 Å². The minimum atomic E-state index is -0.280. The molecule has 1 aromatic heterocycles. The molecular formula is C11H16N2O2. The van der Waals surface area contributed by atoms with Crippen LogP contribution in [0.4, 0.5) is 0 Å². The van der Waals surface area contributed by atoms with Crippen LogP contribution in [0, 0.1) is 0 Å². The van der Waals surface area contributed by atoms with Gasteiger partial charge in [-0.25, -0.2) is 4.98 Å². The smallest absolute Gasteiger partial charge is 0.214 e. The second-order valence-corrected chi connectivity index (χ2v) is 4.65. The fourth-order valence-electron chi connectivity index (χ4n) is 2.24. The lowest BCUT2D eigenvalue weighted by atomic mass is 9.78. The predicted molar refractivity (Wildman–Crippen MR) is 54.4 cm³/mol. The van der Waals surface area contributed by atoms with E-state index in [2.05, 4.69) is 4.98 Å². The van der Waals surface area contributed by atoms with Crippen molar-refractivity contribution in [2.45, 2.75) is 37.1 Å². The van der Waals surface area contributed by atoms with Crippen molar-refractivity contribution >= 4 is 0 Å². The van der Waals surface area contributed by atoms with Gasteiger partial charge >= 0.3 is 0 Å². The summed E-state index contributed by atoms with van der Waals surface area (Å²) in [5.74, 6) is 1.13. The van der Waals surface area contributed by atoms with Crippen molar-refractivity contribution in [2.75, 3.05) is 13.2 Å². The molecule has 2 N–H and O–H groups in total. The summed E-state index contributed by atoms with van der Waals surface area (Å²) in [6.45, 7) is 1.60. The SMILES string of the molecule is NC1(c2nc(C3CCOC3)co2)CCC1. The molecular weight excluding hydrogens is 192 g/mol. The van der Waals surface area contributed by atoms with Crippen LogP contribution in [-0.2, 0) is 10.3 Å². The van der Waals surface area contributed by atoms with Gasteiger partial charge in [-0.1, -0.05) is 0 Å². The largest absolute Gasteiger partial charge is 0.447 e. The van der Waals surface area contributed by atoms with Crippen LogP contribution in [0.25, 0.3) is 0 Å². The van der Waals surface area contributed by atoms with Crippen LogP contribution in [0.2, 0.25) is 0 Å². The molecule has 82 valence electrons. The zero-order valence-electron chi connectivity index (χ0n) is 8.74. The Morgan fingerprint density at radius 3 is 2.93 bits per heavy atom. The molecule has 1 saturated carbocycles. The van der Waals surface area contributed by atoms with Crippen molar-refractivity contribution in [3.8, 4) is 0 Å². The lowest BCUT2D eigenvalue weighted by molar-refractivity contribution is 0.193. The highest BCUT2D eigenvalue weighted by Crippen LogP contribution is 2.39. The molecule has 0 spiro atoms. The van der Waals surface area contributed by atoms with Gasteiger partial charge in [0.2, 0.25) is 5.89 Å². The molecule has 1 unspecified atom stereocenters. The second-order valence-electron chi connectivity index (χ2n) is 4.65. The number of aromatic nitrogens is 1. The van der Waals surface area contributed by atoms with E-state index in [0.717, 1.165) is 44.1 Å². The van der Waals surface area contributed by atoms with Gasteiger partial charge < -0.3 is 14.9 Å². The fraction of sp³-hybridized carbons (Fsp3) is 0.727. The monoisotopic (exact) mass is 208 g/mol. The van der Waals surface area contributed by atoms with Crippen molar-refractivity contribution in [3.63, 3.8) is 0 Å². The maximum atomic E-state index is 6.15. The van der Waals surface area contributed by atoms with Crippen LogP contribution in [-0.4, -0.2) is 18.2 Å². The molecule has 2 heterocycles. The summed E-state index contributed by atoms with van der Waals surface area (Å²) in [5, 5.41) is 0. The summed E-state index contributed by atoms with van der Waals surface area (Å²) in [6, 6.07) is 0. The number of ether oxygens (including phenoxy) is 1. The van der Waals surface area contributed by atoms with Crippen molar-refractivity contribution in [2.24, 2.45) is 5.73 Å². The first-order valence-electron chi connectivity index (χ1n) is 5.60. The van der Waals surface area contributed by atoms with E-state index in [1.807, 2.05) is 0 Å². The lowest BCUT2D eigenvalue weighted by Gasteiger charge is -2.34. The maximum absolute atomic E-state index is 6.15. The Kier molecular flexibility index (Phi) is 2.07. The zero-order valence-corrected chi connectivity index (χ0v) is 8.74. The van der Waals surface area contributed by atoms with E-state index in [0.29, 0.717) is 5.92 Å². The quantitative estimate of drug-likeness (QED) is 0.800. The van der Waals surface area contributed by atoms with Gasteiger partial charge in [-0.3, -0.25) is 0 Å². The molecule has 0 radical (unpaired) electrons. The van der Waals surface area contributed by atoms with Crippen LogP contribution in [0.1, 0.15) is 43.2 Å². The Bertz CT molecular complexity index is 351. The standard InChI is InChI=1S/C11H16N2O2/c12-11(3-1-4-11)10-13-9(7-15-10)8-2-5-14-6-8/h7-8H,1-6,12H2. The first-order chi connectivity index (χ1) is 7.28. The van der Waals surface area contributed by atoms with E-state index >= 15 is 0 Å². The third kappa shape index (κ3) is 1.48. The molecule has 0 amide bonds.